The smallest absolute Gasteiger partial charge is 0.253 e. The molecule has 0 N–H and O–H groups in total. The molecule has 3 aromatic rings. The minimum Gasteiger partial charge on any atom is -0.425 e. The maximum absolute atomic E-state index is 12.9. The summed E-state index contributed by atoms with van der Waals surface area (Å²) in [4.78, 5) is 14.8. The summed E-state index contributed by atoms with van der Waals surface area (Å²) in [7, 11) is 0. The molecule has 0 bridgehead atoms. The van der Waals surface area contributed by atoms with Crippen molar-refractivity contribution in [1.82, 2.24) is 15.1 Å². The Bertz CT molecular complexity index is 953. The Kier molecular flexibility index (Phi) is 3.73. The molecule has 2 fully saturated rings. The van der Waals surface area contributed by atoms with Crippen LogP contribution in [0.1, 0.15) is 59.7 Å². The van der Waals surface area contributed by atoms with E-state index in [2.05, 4.69) is 16.3 Å². The van der Waals surface area contributed by atoms with Gasteiger partial charge in [-0.15, -0.1) is 10.2 Å². The van der Waals surface area contributed by atoms with Crippen molar-refractivity contribution in [2.75, 3.05) is 13.1 Å². The predicted molar refractivity (Wildman–Crippen MR) is 98.1 cm³/mol. The first-order valence-corrected chi connectivity index (χ1v) is 9.39. The van der Waals surface area contributed by atoms with E-state index in [9.17, 15) is 4.79 Å². The van der Waals surface area contributed by atoms with E-state index < -0.39 is 0 Å². The van der Waals surface area contributed by atoms with Crippen LogP contribution in [0.5, 0.6) is 0 Å². The highest BCUT2D eigenvalue weighted by molar-refractivity contribution is 5.98. The first-order chi connectivity index (χ1) is 12.8. The third-order valence-electron chi connectivity index (χ3n) is 5.51. The molecule has 2 aromatic carbocycles. The molecular formula is C21H21N3O2. The number of piperidine rings is 1. The average molecular weight is 347 g/mol. The van der Waals surface area contributed by atoms with Gasteiger partial charge in [-0.25, -0.2) is 0 Å². The monoisotopic (exact) mass is 347 g/mol. The Morgan fingerprint density at radius 3 is 2.23 bits per heavy atom. The number of rotatable bonds is 3. The van der Waals surface area contributed by atoms with Crippen LogP contribution >= 0.6 is 0 Å². The summed E-state index contributed by atoms with van der Waals surface area (Å²) in [6, 6.07) is 14.1. The fraction of sp³-hybridized carbons (Fsp3) is 0.381. The van der Waals surface area contributed by atoms with Crippen molar-refractivity contribution in [3.05, 3.63) is 59.8 Å². The van der Waals surface area contributed by atoms with Crippen molar-refractivity contribution in [2.24, 2.45) is 0 Å². The molecule has 1 saturated carbocycles. The van der Waals surface area contributed by atoms with E-state index in [1.54, 1.807) is 0 Å². The summed E-state index contributed by atoms with van der Waals surface area (Å²) < 4.78 is 5.85. The molecule has 5 heteroatoms. The molecule has 5 rings (SSSR count). The summed E-state index contributed by atoms with van der Waals surface area (Å²) in [6.45, 7) is 1.47. The van der Waals surface area contributed by atoms with Gasteiger partial charge in [0.1, 0.15) is 0 Å². The average Bonchev–Trinajstić information content (AvgIpc) is 3.44. The molecule has 5 nitrogen and oxygen atoms in total. The highest BCUT2D eigenvalue weighted by Gasteiger charge is 2.32. The topological polar surface area (TPSA) is 59.2 Å². The molecule has 132 valence electrons. The molecule has 0 spiro atoms. The molecule has 0 atom stereocenters. The molecule has 26 heavy (non-hydrogen) atoms. The normalized spacial score (nSPS) is 18.4. The molecule has 0 unspecified atom stereocenters. The molecule has 1 aliphatic carbocycles. The standard InChI is InChI=1S/C21H21N3O2/c25-21(18-8-5-14-3-1-2-4-17(14)13-18)24-11-9-16(10-12-24)20-23-22-19(26-20)15-6-7-15/h1-5,8,13,15-16H,6-7,9-12H2. The second-order valence-corrected chi connectivity index (χ2v) is 7.38. The molecule has 1 saturated heterocycles. The Balaban J connectivity index is 1.27. The summed E-state index contributed by atoms with van der Waals surface area (Å²) in [5, 5.41) is 10.7. The Morgan fingerprint density at radius 2 is 1.54 bits per heavy atom. The highest BCUT2D eigenvalue weighted by atomic mass is 16.4. The molecule has 2 heterocycles. The quantitative estimate of drug-likeness (QED) is 0.715. The van der Waals surface area contributed by atoms with E-state index in [1.807, 2.05) is 41.3 Å². The number of aromatic nitrogens is 2. The molecule has 0 radical (unpaired) electrons. The van der Waals surface area contributed by atoms with Crippen LogP contribution in [0.3, 0.4) is 0 Å². The first kappa shape index (κ1) is 15.6. The zero-order valence-electron chi connectivity index (χ0n) is 14.6. The number of nitrogens with zero attached hydrogens (tertiary/aromatic N) is 3. The summed E-state index contributed by atoms with van der Waals surface area (Å²) in [6.07, 6.45) is 4.10. The van der Waals surface area contributed by atoms with Gasteiger partial charge in [0.05, 0.1) is 0 Å². The van der Waals surface area contributed by atoms with Gasteiger partial charge in [0, 0.05) is 30.5 Å². The van der Waals surface area contributed by atoms with E-state index in [4.69, 9.17) is 4.42 Å². The summed E-state index contributed by atoms with van der Waals surface area (Å²) >= 11 is 0. The molecule has 1 amide bonds. The molecule has 1 aliphatic heterocycles. The van der Waals surface area contributed by atoms with Gasteiger partial charge in [0.25, 0.3) is 5.91 Å². The van der Waals surface area contributed by atoms with Gasteiger partial charge in [-0.3, -0.25) is 4.79 Å². The van der Waals surface area contributed by atoms with Gasteiger partial charge in [-0.1, -0.05) is 30.3 Å². The van der Waals surface area contributed by atoms with E-state index in [0.29, 0.717) is 5.92 Å². The van der Waals surface area contributed by atoms with Crippen LogP contribution in [0.25, 0.3) is 10.8 Å². The van der Waals surface area contributed by atoms with Crippen LogP contribution < -0.4 is 0 Å². The third kappa shape index (κ3) is 2.87. The lowest BCUT2D eigenvalue weighted by molar-refractivity contribution is 0.0706. The van der Waals surface area contributed by atoms with Gasteiger partial charge < -0.3 is 9.32 Å². The van der Waals surface area contributed by atoms with Crippen LogP contribution in [0, 0.1) is 0 Å². The van der Waals surface area contributed by atoms with Crippen LogP contribution in [-0.4, -0.2) is 34.1 Å². The Morgan fingerprint density at radius 1 is 0.885 bits per heavy atom. The van der Waals surface area contributed by atoms with Crippen LogP contribution in [-0.2, 0) is 0 Å². The van der Waals surface area contributed by atoms with Crippen molar-refractivity contribution in [1.29, 1.82) is 0 Å². The van der Waals surface area contributed by atoms with Crippen molar-refractivity contribution < 1.29 is 9.21 Å². The molecule has 2 aliphatic rings. The van der Waals surface area contributed by atoms with Crippen LogP contribution in [0.4, 0.5) is 0 Å². The number of amides is 1. The van der Waals surface area contributed by atoms with E-state index in [1.165, 1.54) is 12.8 Å². The number of hydrogen-bond donors (Lipinski definition) is 0. The maximum atomic E-state index is 12.9. The molecule has 1 aromatic heterocycles. The number of hydrogen-bond acceptors (Lipinski definition) is 4. The van der Waals surface area contributed by atoms with E-state index in [0.717, 1.165) is 54.0 Å². The Labute approximate surface area is 152 Å². The van der Waals surface area contributed by atoms with Crippen molar-refractivity contribution >= 4 is 16.7 Å². The van der Waals surface area contributed by atoms with Crippen LogP contribution in [0.15, 0.2) is 46.9 Å². The SMILES string of the molecule is O=C(c1ccc2ccccc2c1)N1CCC(c2nnc(C3CC3)o2)CC1. The highest BCUT2D eigenvalue weighted by Crippen LogP contribution is 2.40. The zero-order valence-corrected chi connectivity index (χ0v) is 14.6. The van der Waals surface area contributed by atoms with Gasteiger partial charge >= 0.3 is 0 Å². The predicted octanol–water partition coefficient (Wildman–Crippen LogP) is 4.12. The van der Waals surface area contributed by atoms with Crippen molar-refractivity contribution in [2.45, 2.75) is 37.5 Å². The second kappa shape index (κ2) is 6.24. The maximum Gasteiger partial charge on any atom is 0.253 e. The van der Waals surface area contributed by atoms with Crippen LogP contribution in [0.2, 0.25) is 0 Å². The van der Waals surface area contributed by atoms with Gasteiger partial charge in [0.2, 0.25) is 11.8 Å². The minimum atomic E-state index is 0.110. The lowest BCUT2D eigenvalue weighted by Crippen LogP contribution is -2.38. The van der Waals surface area contributed by atoms with Gasteiger partial charge in [-0.2, -0.15) is 0 Å². The third-order valence-corrected chi connectivity index (χ3v) is 5.51. The number of carbonyl (C=O) groups is 1. The van der Waals surface area contributed by atoms with Gasteiger partial charge in [-0.05, 0) is 48.6 Å². The van der Waals surface area contributed by atoms with E-state index in [-0.39, 0.29) is 11.8 Å². The molecular weight excluding hydrogens is 326 g/mol. The fourth-order valence-electron chi connectivity index (χ4n) is 3.74. The lowest BCUT2D eigenvalue weighted by atomic mass is 9.96. The lowest BCUT2D eigenvalue weighted by Gasteiger charge is -2.30. The minimum absolute atomic E-state index is 0.110. The first-order valence-electron chi connectivity index (χ1n) is 9.39. The number of carbonyl (C=O) groups excluding carboxylic acids is 1. The summed E-state index contributed by atoms with van der Waals surface area (Å²) in [5.41, 5.74) is 0.760. The summed E-state index contributed by atoms with van der Waals surface area (Å²) in [5.74, 6) is 2.43. The largest absolute Gasteiger partial charge is 0.425 e. The fourth-order valence-corrected chi connectivity index (χ4v) is 3.74. The van der Waals surface area contributed by atoms with Gasteiger partial charge in [0.15, 0.2) is 0 Å². The Hall–Kier alpha value is -2.69. The number of likely N-dealkylation sites (tertiary alicyclic amines) is 1. The number of benzene rings is 2. The zero-order chi connectivity index (χ0) is 17.5. The van der Waals surface area contributed by atoms with Crippen molar-refractivity contribution in [3.63, 3.8) is 0 Å². The second-order valence-electron chi connectivity index (χ2n) is 7.38. The van der Waals surface area contributed by atoms with E-state index >= 15 is 0 Å². The van der Waals surface area contributed by atoms with Crippen molar-refractivity contribution in [3.8, 4) is 0 Å². The number of fused-ring (bicyclic) bond motifs is 1.